The highest BCUT2D eigenvalue weighted by Gasteiger charge is 2.39. The number of nitrogens with one attached hydrogen (secondary N) is 1. The molecular weight excluding hydrogens is 554 g/mol. The Labute approximate surface area is 229 Å². The number of hydrogen-bond acceptors (Lipinski definition) is 8. The molecule has 6 rings (SSSR count). The van der Waals surface area contributed by atoms with Crippen LogP contribution in [0.3, 0.4) is 0 Å². The maximum Gasteiger partial charge on any atom is 0.451 e. The van der Waals surface area contributed by atoms with E-state index in [2.05, 4.69) is 35.2 Å². The molecular formula is C26H22F6N8O. The third kappa shape index (κ3) is 5.65. The normalized spacial score (nSPS) is 15.7. The second kappa shape index (κ2) is 9.96. The summed E-state index contributed by atoms with van der Waals surface area (Å²) >= 11 is 0. The first-order chi connectivity index (χ1) is 19.5. The Morgan fingerprint density at radius 1 is 0.902 bits per heavy atom. The van der Waals surface area contributed by atoms with E-state index in [1.807, 2.05) is 0 Å². The summed E-state index contributed by atoms with van der Waals surface area (Å²) in [5.74, 6) is -1.66. The summed E-state index contributed by atoms with van der Waals surface area (Å²) in [6.07, 6.45) is -3.90. The maximum absolute atomic E-state index is 13.7. The molecule has 41 heavy (non-hydrogen) atoms. The van der Waals surface area contributed by atoms with Crippen LogP contribution in [-0.4, -0.2) is 41.6 Å². The lowest BCUT2D eigenvalue weighted by Gasteiger charge is -2.14. The van der Waals surface area contributed by atoms with Crippen LogP contribution < -0.4 is 10.1 Å². The molecule has 0 radical (unpaired) electrons. The first-order valence-electron chi connectivity index (χ1n) is 12.7. The molecule has 0 atom stereocenters. The van der Waals surface area contributed by atoms with Gasteiger partial charge in [0.05, 0.1) is 12.8 Å². The number of aromatic nitrogens is 7. The molecule has 3 heterocycles. The Hall–Kier alpha value is -4.30. The van der Waals surface area contributed by atoms with Crippen molar-refractivity contribution >= 4 is 5.95 Å². The molecule has 1 aromatic carbocycles. The number of rotatable bonds is 8. The van der Waals surface area contributed by atoms with E-state index in [0.29, 0.717) is 16.8 Å². The van der Waals surface area contributed by atoms with Gasteiger partial charge in [0.2, 0.25) is 17.7 Å². The molecule has 2 aliphatic rings. The van der Waals surface area contributed by atoms with E-state index in [1.165, 1.54) is 13.4 Å². The van der Waals surface area contributed by atoms with E-state index in [4.69, 9.17) is 4.74 Å². The predicted molar refractivity (Wildman–Crippen MR) is 133 cm³/mol. The van der Waals surface area contributed by atoms with Crippen LogP contribution in [-0.2, 0) is 18.9 Å². The SMILES string of the molecule is COc1ncnc(C2CC2)c1-c1nc(NCc2ccc(-c3nc(C(F)(F)F)cn3C3CC3)cc2)nc(C(F)(F)F)n1. The van der Waals surface area contributed by atoms with Crippen molar-refractivity contribution in [1.82, 2.24) is 34.5 Å². The van der Waals surface area contributed by atoms with E-state index >= 15 is 0 Å². The number of imidazole rings is 1. The van der Waals surface area contributed by atoms with Crippen molar-refractivity contribution in [1.29, 1.82) is 0 Å². The Bertz CT molecular complexity index is 1580. The van der Waals surface area contributed by atoms with Crippen LogP contribution in [0.5, 0.6) is 5.88 Å². The van der Waals surface area contributed by atoms with Crippen molar-refractivity contribution in [3.63, 3.8) is 0 Å². The number of anilines is 1. The van der Waals surface area contributed by atoms with Crippen molar-refractivity contribution in [3.8, 4) is 28.7 Å². The van der Waals surface area contributed by atoms with Gasteiger partial charge >= 0.3 is 12.4 Å². The summed E-state index contributed by atoms with van der Waals surface area (Å²) in [6.45, 7) is 0.0316. The minimum atomic E-state index is -4.85. The lowest BCUT2D eigenvalue weighted by molar-refractivity contribution is -0.145. The molecule has 0 bridgehead atoms. The van der Waals surface area contributed by atoms with Crippen LogP contribution in [0, 0.1) is 0 Å². The molecule has 1 N–H and O–H groups in total. The second-order valence-electron chi connectivity index (χ2n) is 9.86. The minimum absolute atomic E-state index is 0.0233. The third-order valence-electron chi connectivity index (χ3n) is 6.74. The van der Waals surface area contributed by atoms with Crippen molar-refractivity contribution in [2.24, 2.45) is 0 Å². The number of ether oxygens (including phenoxy) is 1. The molecule has 15 heteroatoms. The molecule has 9 nitrogen and oxygen atoms in total. The number of benzene rings is 1. The highest BCUT2D eigenvalue weighted by Crippen LogP contribution is 2.45. The predicted octanol–water partition coefficient (Wildman–Crippen LogP) is 6.06. The molecule has 2 aliphatic carbocycles. The van der Waals surface area contributed by atoms with Crippen LogP contribution in [0.25, 0.3) is 22.8 Å². The summed E-state index contributed by atoms with van der Waals surface area (Å²) in [7, 11) is 1.35. The lowest BCUT2D eigenvalue weighted by atomic mass is 10.1. The van der Waals surface area contributed by atoms with E-state index in [-0.39, 0.29) is 47.5 Å². The maximum atomic E-state index is 13.7. The minimum Gasteiger partial charge on any atom is -0.480 e. The molecule has 0 unspecified atom stereocenters. The average molecular weight is 577 g/mol. The van der Waals surface area contributed by atoms with Gasteiger partial charge < -0.3 is 14.6 Å². The fourth-order valence-electron chi connectivity index (χ4n) is 4.43. The number of halogens is 6. The fourth-order valence-corrected chi connectivity index (χ4v) is 4.43. The standard InChI is InChI=1S/C26H22F6N8O/c1-41-22-18(19(14-6-7-14)34-12-35-22)20-37-23(26(30,31)32)39-24(38-20)33-10-13-2-4-15(5-3-13)21-36-17(25(27,28)29)11-40(21)16-8-9-16/h2-5,11-12,14,16H,6-10H2,1H3,(H,33,37,38,39). The van der Waals surface area contributed by atoms with Crippen molar-refractivity contribution < 1.29 is 31.1 Å². The van der Waals surface area contributed by atoms with Crippen LogP contribution in [0.1, 0.15) is 60.4 Å². The van der Waals surface area contributed by atoms with Crippen molar-refractivity contribution in [2.75, 3.05) is 12.4 Å². The topological polar surface area (TPSA) is 104 Å². The van der Waals surface area contributed by atoms with Crippen molar-refractivity contribution in [2.45, 2.75) is 56.5 Å². The van der Waals surface area contributed by atoms with Gasteiger partial charge in [0.25, 0.3) is 0 Å². The lowest BCUT2D eigenvalue weighted by Crippen LogP contribution is -2.16. The van der Waals surface area contributed by atoms with E-state index in [9.17, 15) is 26.3 Å². The van der Waals surface area contributed by atoms with E-state index < -0.39 is 23.9 Å². The van der Waals surface area contributed by atoms with Gasteiger partial charge in [-0.2, -0.15) is 36.3 Å². The number of hydrogen-bond donors (Lipinski definition) is 1. The molecule has 0 saturated heterocycles. The van der Waals surface area contributed by atoms with Gasteiger partial charge in [-0.3, -0.25) is 0 Å². The average Bonchev–Trinajstić information content (AvgIpc) is 3.88. The van der Waals surface area contributed by atoms with Crippen LogP contribution >= 0.6 is 0 Å². The van der Waals surface area contributed by atoms with Gasteiger partial charge in [-0.15, -0.1) is 0 Å². The summed E-state index contributed by atoms with van der Waals surface area (Å²) in [4.78, 5) is 23.5. The highest BCUT2D eigenvalue weighted by molar-refractivity contribution is 5.66. The number of nitrogens with zero attached hydrogens (tertiary/aromatic N) is 7. The molecule has 0 spiro atoms. The zero-order valence-corrected chi connectivity index (χ0v) is 21.5. The molecule has 0 amide bonds. The first kappa shape index (κ1) is 26.9. The monoisotopic (exact) mass is 576 g/mol. The van der Waals surface area contributed by atoms with Crippen LogP contribution in [0.15, 0.2) is 36.8 Å². The largest absolute Gasteiger partial charge is 0.480 e. The molecule has 2 fully saturated rings. The van der Waals surface area contributed by atoms with Gasteiger partial charge in [0, 0.05) is 30.3 Å². The zero-order valence-electron chi connectivity index (χ0n) is 21.5. The van der Waals surface area contributed by atoms with Crippen molar-refractivity contribution in [3.05, 3.63) is 59.6 Å². The number of methoxy groups -OCH3 is 1. The summed E-state index contributed by atoms with van der Waals surface area (Å²) in [6, 6.07) is 6.50. The molecule has 0 aliphatic heterocycles. The van der Waals surface area contributed by atoms with Gasteiger partial charge in [-0.1, -0.05) is 24.3 Å². The van der Waals surface area contributed by atoms with Gasteiger partial charge in [0.1, 0.15) is 17.7 Å². The summed E-state index contributed by atoms with van der Waals surface area (Å²) in [5, 5.41) is 2.79. The zero-order chi connectivity index (χ0) is 28.9. The van der Waals surface area contributed by atoms with Crippen LogP contribution in [0.2, 0.25) is 0 Å². The Morgan fingerprint density at radius 3 is 2.24 bits per heavy atom. The molecule has 214 valence electrons. The quantitative estimate of drug-likeness (QED) is 0.253. The smallest absolute Gasteiger partial charge is 0.451 e. The molecule has 2 saturated carbocycles. The highest BCUT2D eigenvalue weighted by atomic mass is 19.4. The van der Waals surface area contributed by atoms with Crippen LogP contribution in [0.4, 0.5) is 32.3 Å². The Morgan fingerprint density at radius 2 is 1.63 bits per heavy atom. The molecule has 4 aromatic rings. The summed E-state index contributed by atoms with van der Waals surface area (Å²) in [5.41, 5.74) is 0.852. The Kier molecular flexibility index (Phi) is 6.53. The van der Waals surface area contributed by atoms with Gasteiger partial charge in [0.15, 0.2) is 11.5 Å². The summed E-state index contributed by atoms with van der Waals surface area (Å²) < 4.78 is 87.8. The second-order valence-corrected chi connectivity index (χ2v) is 9.86. The number of alkyl halides is 6. The van der Waals surface area contributed by atoms with E-state index in [1.54, 1.807) is 28.8 Å². The molecule has 3 aromatic heterocycles. The first-order valence-corrected chi connectivity index (χ1v) is 12.7. The third-order valence-corrected chi connectivity index (χ3v) is 6.74. The van der Waals surface area contributed by atoms with Gasteiger partial charge in [-0.25, -0.2) is 19.9 Å². The Balaban J connectivity index is 1.27. The van der Waals surface area contributed by atoms with E-state index in [0.717, 1.165) is 31.9 Å². The fraction of sp³-hybridized carbons (Fsp3) is 0.385. The van der Waals surface area contributed by atoms with Gasteiger partial charge in [-0.05, 0) is 31.2 Å².